The fourth-order valence-electron chi connectivity index (χ4n) is 4.73. The van der Waals surface area contributed by atoms with Crippen molar-refractivity contribution in [3.8, 4) is 11.5 Å². The molecule has 2 atom stereocenters. The van der Waals surface area contributed by atoms with Crippen molar-refractivity contribution in [1.82, 2.24) is 15.1 Å². The molecule has 198 valence electrons. The van der Waals surface area contributed by atoms with Crippen molar-refractivity contribution in [2.45, 2.75) is 39.5 Å². The molecular weight excluding hydrogens is 474 g/mol. The van der Waals surface area contributed by atoms with Crippen LogP contribution in [0.2, 0.25) is 0 Å². The number of hydrogen-bond donors (Lipinski definition) is 1. The highest BCUT2D eigenvalue weighted by Gasteiger charge is 2.41. The number of rotatable bonds is 3. The molecule has 37 heavy (non-hydrogen) atoms. The van der Waals surface area contributed by atoms with E-state index in [1.54, 1.807) is 31.2 Å². The number of aryl methyl sites for hydroxylation is 1. The predicted octanol–water partition coefficient (Wildman–Crippen LogP) is 2.76. The van der Waals surface area contributed by atoms with Crippen molar-refractivity contribution >= 4 is 17.7 Å². The predicted molar refractivity (Wildman–Crippen MR) is 137 cm³/mol. The maximum absolute atomic E-state index is 13.2. The lowest BCUT2D eigenvalue weighted by Crippen LogP contribution is -2.48. The van der Waals surface area contributed by atoms with Gasteiger partial charge in [-0.05, 0) is 56.2 Å². The molecule has 9 nitrogen and oxygen atoms in total. The van der Waals surface area contributed by atoms with Crippen LogP contribution in [-0.4, -0.2) is 80.1 Å². The summed E-state index contributed by atoms with van der Waals surface area (Å²) >= 11 is 0. The number of hydrogen-bond acceptors (Lipinski definition) is 6. The van der Waals surface area contributed by atoms with Crippen molar-refractivity contribution in [3.05, 3.63) is 59.2 Å². The fourth-order valence-corrected chi connectivity index (χ4v) is 4.73. The van der Waals surface area contributed by atoms with Gasteiger partial charge in [-0.15, -0.1) is 0 Å². The molecule has 9 heteroatoms. The summed E-state index contributed by atoms with van der Waals surface area (Å²) in [5.74, 6) is 0.514. The van der Waals surface area contributed by atoms with E-state index in [0.717, 1.165) is 11.1 Å². The minimum Gasteiger partial charge on any atom is -0.457 e. The van der Waals surface area contributed by atoms with E-state index in [2.05, 4.69) is 5.32 Å². The normalized spacial score (nSPS) is 20.8. The van der Waals surface area contributed by atoms with E-state index >= 15 is 0 Å². The SMILES string of the molecule is COCC(C)(C)C(=O)N1C[C@@H]2NC(=O)CN(C)C(=O)c3ccc(C)c(c3)Oc3cccc(c3)CO[C@H]2C1. The van der Waals surface area contributed by atoms with Gasteiger partial charge < -0.3 is 29.3 Å². The molecule has 0 radical (unpaired) electrons. The van der Waals surface area contributed by atoms with Crippen molar-refractivity contribution in [1.29, 1.82) is 0 Å². The first-order chi connectivity index (χ1) is 17.6. The van der Waals surface area contributed by atoms with Gasteiger partial charge in [0.25, 0.3) is 5.91 Å². The van der Waals surface area contributed by atoms with Crippen molar-refractivity contribution in [3.63, 3.8) is 0 Å². The Bertz CT molecular complexity index is 1180. The number of nitrogens with zero attached hydrogens (tertiary/aromatic N) is 2. The van der Waals surface area contributed by atoms with Crippen LogP contribution in [0.4, 0.5) is 0 Å². The summed E-state index contributed by atoms with van der Waals surface area (Å²) < 4.78 is 17.6. The highest BCUT2D eigenvalue weighted by atomic mass is 16.5. The summed E-state index contributed by atoms with van der Waals surface area (Å²) in [5.41, 5.74) is 1.49. The number of likely N-dealkylation sites (N-methyl/N-ethyl adjacent to an activating group) is 1. The van der Waals surface area contributed by atoms with Crippen LogP contribution in [0, 0.1) is 12.3 Å². The lowest BCUT2D eigenvalue weighted by atomic mass is 9.93. The standard InChI is InChI=1S/C28H35N3O6/c1-18-9-10-20-12-23(18)37-21-8-6-7-19(11-21)16-36-24-14-31(27(34)28(2,3)17-35-5)13-22(24)29-25(32)15-30(4)26(20)33/h6-12,22,24H,13-17H2,1-5H3,(H,29,32)/t22-,24-/m0/s1. The first-order valence-corrected chi connectivity index (χ1v) is 12.4. The number of methoxy groups -OCH3 is 1. The quantitative estimate of drug-likeness (QED) is 0.684. The zero-order valence-electron chi connectivity index (χ0n) is 22.1. The van der Waals surface area contributed by atoms with Crippen molar-refractivity contribution in [2.75, 3.05) is 40.4 Å². The summed E-state index contributed by atoms with van der Waals surface area (Å²) in [4.78, 5) is 42.3. The summed E-state index contributed by atoms with van der Waals surface area (Å²) in [6.45, 7) is 6.67. The van der Waals surface area contributed by atoms with Crippen LogP contribution in [0.3, 0.4) is 0 Å². The number of amides is 3. The summed E-state index contributed by atoms with van der Waals surface area (Å²) in [6, 6.07) is 12.4. The van der Waals surface area contributed by atoms with Gasteiger partial charge in [-0.1, -0.05) is 18.2 Å². The Morgan fingerprint density at radius 3 is 2.70 bits per heavy atom. The third kappa shape index (κ3) is 6.11. The second kappa shape index (κ2) is 10.9. The Morgan fingerprint density at radius 1 is 1.16 bits per heavy atom. The van der Waals surface area contributed by atoms with Gasteiger partial charge in [-0.25, -0.2) is 0 Å². The molecule has 0 saturated carbocycles. The summed E-state index contributed by atoms with van der Waals surface area (Å²) in [5, 5.41) is 2.99. The second-order valence-corrected chi connectivity index (χ2v) is 10.4. The number of carbonyl (C=O) groups is 3. The van der Waals surface area contributed by atoms with Gasteiger partial charge in [0, 0.05) is 32.8 Å². The van der Waals surface area contributed by atoms with Gasteiger partial charge in [0.05, 0.1) is 37.3 Å². The Labute approximate surface area is 217 Å². The molecule has 2 aliphatic rings. The van der Waals surface area contributed by atoms with Gasteiger partial charge in [-0.3, -0.25) is 14.4 Å². The second-order valence-electron chi connectivity index (χ2n) is 10.4. The first-order valence-electron chi connectivity index (χ1n) is 12.4. The van der Waals surface area contributed by atoms with Crippen LogP contribution in [0.15, 0.2) is 42.5 Å². The Balaban J connectivity index is 1.62. The summed E-state index contributed by atoms with van der Waals surface area (Å²) in [6.07, 6.45) is -0.417. The van der Waals surface area contributed by atoms with Gasteiger partial charge >= 0.3 is 0 Å². The van der Waals surface area contributed by atoms with Crippen LogP contribution in [0.5, 0.6) is 11.5 Å². The molecule has 2 heterocycles. The molecule has 3 amide bonds. The third-order valence-electron chi connectivity index (χ3n) is 6.74. The maximum Gasteiger partial charge on any atom is 0.254 e. The molecule has 0 unspecified atom stereocenters. The van der Waals surface area contributed by atoms with E-state index < -0.39 is 17.6 Å². The number of likely N-dealkylation sites (tertiary alicyclic amines) is 1. The molecule has 4 bridgehead atoms. The van der Waals surface area contributed by atoms with Gasteiger partial charge in [-0.2, -0.15) is 0 Å². The van der Waals surface area contributed by atoms with E-state index in [4.69, 9.17) is 14.2 Å². The largest absolute Gasteiger partial charge is 0.457 e. The average Bonchev–Trinajstić information content (AvgIpc) is 3.24. The molecule has 2 aromatic rings. The first kappa shape index (κ1) is 26.6. The number of fused-ring (bicyclic) bond motifs is 5. The molecule has 4 rings (SSSR count). The van der Waals surface area contributed by atoms with E-state index in [-0.39, 0.29) is 37.5 Å². The molecule has 2 aromatic carbocycles. The zero-order valence-corrected chi connectivity index (χ0v) is 22.1. The molecule has 0 aliphatic carbocycles. The van der Waals surface area contributed by atoms with Crippen LogP contribution in [0.25, 0.3) is 0 Å². The lowest BCUT2D eigenvalue weighted by molar-refractivity contribution is -0.142. The monoisotopic (exact) mass is 509 g/mol. The fraction of sp³-hybridized carbons (Fsp3) is 0.464. The Morgan fingerprint density at radius 2 is 1.95 bits per heavy atom. The minimum atomic E-state index is -0.711. The van der Waals surface area contributed by atoms with Crippen molar-refractivity contribution in [2.24, 2.45) is 5.41 Å². The van der Waals surface area contributed by atoms with E-state index in [0.29, 0.717) is 30.2 Å². The summed E-state index contributed by atoms with van der Waals surface area (Å²) in [7, 11) is 3.15. The molecule has 2 aliphatic heterocycles. The highest BCUT2D eigenvalue weighted by Crippen LogP contribution is 2.29. The van der Waals surface area contributed by atoms with Gasteiger partial charge in [0.2, 0.25) is 11.8 Å². The van der Waals surface area contributed by atoms with Crippen LogP contribution in [-0.2, 0) is 25.7 Å². The molecule has 1 N–H and O–H groups in total. The van der Waals surface area contributed by atoms with Crippen molar-refractivity contribution < 1.29 is 28.6 Å². The van der Waals surface area contributed by atoms with Gasteiger partial charge in [0.15, 0.2) is 0 Å². The molecule has 0 aromatic heterocycles. The van der Waals surface area contributed by atoms with E-state index in [1.165, 1.54) is 4.90 Å². The van der Waals surface area contributed by atoms with Crippen LogP contribution >= 0.6 is 0 Å². The van der Waals surface area contributed by atoms with E-state index in [9.17, 15) is 14.4 Å². The maximum atomic E-state index is 13.2. The Hall–Kier alpha value is -3.43. The van der Waals surface area contributed by atoms with Gasteiger partial charge in [0.1, 0.15) is 11.5 Å². The highest BCUT2D eigenvalue weighted by molar-refractivity contribution is 5.96. The molecule has 0 spiro atoms. The molecule has 1 saturated heterocycles. The Kier molecular flexibility index (Phi) is 7.85. The number of benzene rings is 2. The average molecular weight is 510 g/mol. The molecule has 1 fully saturated rings. The molecular formula is C28H35N3O6. The minimum absolute atomic E-state index is 0.0667. The zero-order chi connectivity index (χ0) is 26.7. The third-order valence-corrected chi connectivity index (χ3v) is 6.74. The smallest absolute Gasteiger partial charge is 0.254 e. The number of ether oxygens (including phenoxy) is 3. The van der Waals surface area contributed by atoms with E-state index in [1.807, 2.05) is 51.1 Å². The lowest BCUT2D eigenvalue weighted by Gasteiger charge is -2.28. The topological polar surface area (TPSA) is 97.4 Å². The number of nitrogens with one attached hydrogen (secondary N) is 1. The number of carbonyl (C=O) groups excluding carboxylic acids is 3. The van der Waals surface area contributed by atoms with Crippen LogP contribution < -0.4 is 10.1 Å². The van der Waals surface area contributed by atoms with Crippen LogP contribution in [0.1, 0.15) is 35.3 Å².